The molecule has 5 nitrogen and oxygen atoms in total. The molecule has 0 atom stereocenters. The second-order valence-electron chi connectivity index (χ2n) is 4.80. The summed E-state index contributed by atoms with van der Waals surface area (Å²) in [4.78, 5) is 13.2. The summed E-state index contributed by atoms with van der Waals surface area (Å²) >= 11 is 5.07. The van der Waals surface area contributed by atoms with Crippen molar-refractivity contribution in [1.29, 1.82) is 5.26 Å². The largest absolute Gasteiger partial charge is 0.278 e. The average molecular weight is 374 g/mol. The number of halogens is 1. The molecule has 0 fully saturated rings. The van der Waals surface area contributed by atoms with Crippen molar-refractivity contribution in [2.45, 2.75) is 24.6 Å². The van der Waals surface area contributed by atoms with E-state index in [-0.39, 0.29) is 0 Å². The molecular formula is C15H12BrN5S. The highest BCUT2D eigenvalue weighted by molar-refractivity contribution is 9.10. The number of nitriles is 1. The van der Waals surface area contributed by atoms with Crippen LogP contribution in [-0.4, -0.2) is 19.4 Å². The van der Waals surface area contributed by atoms with Crippen molar-refractivity contribution in [2.24, 2.45) is 0 Å². The zero-order valence-electron chi connectivity index (χ0n) is 12.0. The first-order valence-electron chi connectivity index (χ1n) is 6.58. The SMILES string of the molecule is Cc1cc(C)c(C#N)c(SCc2nc3ncccn3c2Br)n1. The third-order valence-electron chi connectivity index (χ3n) is 3.18. The zero-order valence-corrected chi connectivity index (χ0v) is 14.4. The first kappa shape index (κ1) is 15.0. The first-order chi connectivity index (χ1) is 10.6. The van der Waals surface area contributed by atoms with Crippen LogP contribution in [-0.2, 0) is 5.75 Å². The van der Waals surface area contributed by atoms with Gasteiger partial charge < -0.3 is 0 Å². The van der Waals surface area contributed by atoms with Gasteiger partial charge in [-0.3, -0.25) is 4.40 Å². The van der Waals surface area contributed by atoms with Crippen molar-refractivity contribution in [2.75, 3.05) is 0 Å². The number of hydrogen-bond acceptors (Lipinski definition) is 5. The summed E-state index contributed by atoms with van der Waals surface area (Å²) < 4.78 is 2.77. The maximum absolute atomic E-state index is 9.31. The van der Waals surface area contributed by atoms with E-state index in [4.69, 9.17) is 0 Å². The molecule has 0 N–H and O–H groups in total. The van der Waals surface area contributed by atoms with Crippen LogP contribution in [0.4, 0.5) is 0 Å². The van der Waals surface area contributed by atoms with Crippen molar-refractivity contribution in [3.05, 3.63) is 51.6 Å². The Balaban J connectivity index is 1.92. The third-order valence-corrected chi connectivity index (χ3v) is 5.01. The number of nitrogens with zero attached hydrogens (tertiary/aromatic N) is 5. The number of pyridine rings is 1. The molecule has 3 heterocycles. The summed E-state index contributed by atoms with van der Waals surface area (Å²) in [5.74, 6) is 1.27. The minimum atomic E-state index is 0.620. The zero-order chi connectivity index (χ0) is 15.7. The molecule has 3 rings (SSSR count). The van der Waals surface area contributed by atoms with Gasteiger partial charge >= 0.3 is 0 Å². The normalized spacial score (nSPS) is 10.8. The molecule has 0 spiro atoms. The van der Waals surface area contributed by atoms with E-state index in [9.17, 15) is 5.26 Å². The van der Waals surface area contributed by atoms with Crippen LogP contribution >= 0.6 is 27.7 Å². The molecule has 0 unspecified atom stereocenters. The Labute approximate surface area is 140 Å². The van der Waals surface area contributed by atoms with E-state index in [1.54, 1.807) is 6.20 Å². The van der Waals surface area contributed by atoms with Crippen molar-refractivity contribution in [3.8, 4) is 6.07 Å². The maximum atomic E-state index is 9.31. The Morgan fingerprint density at radius 1 is 1.36 bits per heavy atom. The van der Waals surface area contributed by atoms with Gasteiger partial charge in [-0.1, -0.05) is 11.8 Å². The van der Waals surface area contributed by atoms with E-state index in [1.165, 1.54) is 11.8 Å². The Morgan fingerprint density at radius 2 is 2.18 bits per heavy atom. The molecule has 22 heavy (non-hydrogen) atoms. The molecule has 0 amide bonds. The number of rotatable bonds is 3. The van der Waals surface area contributed by atoms with Crippen LogP contribution in [0.1, 0.15) is 22.5 Å². The minimum absolute atomic E-state index is 0.620. The summed E-state index contributed by atoms with van der Waals surface area (Å²) in [5.41, 5.74) is 3.38. The maximum Gasteiger partial charge on any atom is 0.234 e. The first-order valence-corrected chi connectivity index (χ1v) is 8.36. The quantitative estimate of drug-likeness (QED) is 0.655. The van der Waals surface area contributed by atoms with Gasteiger partial charge in [0.1, 0.15) is 15.7 Å². The van der Waals surface area contributed by atoms with Crippen LogP contribution in [0, 0.1) is 25.2 Å². The Bertz CT molecular complexity index is 897. The van der Waals surface area contributed by atoms with Gasteiger partial charge in [0.15, 0.2) is 0 Å². The van der Waals surface area contributed by atoms with E-state index in [2.05, 4.69) is 37.0 Å². The number of aromatic nitrogens is 4. The van der Waals surface area contributed by atoms with E-state index >= 15 is 0 Å². The summed E-state index contributed by atoms with van der Waals surface area (Å²) in [6.07, 6.45) is 3.62. The van der Waals surface area contributed by atoms with E-state index in [0.717, 1.165) is 26.6 Å². The van der Waals surface area contributed by atoms with Gasteiger partial charge in [-0.15, -0.1) is 0 Å². The lowest BCUT2D eigenvalue weighted by Crippen LogP contribution is -1.95. The summed E-state index contributed by atoms with van der Waals surface area (Å²) in [5, 5.41) is 10.1. The summed E-state index contributed by atoms with van der Waals surface area (Å²) in [6, 6.07) is 6.02. The van der Waals surface area contributed by atoms with Crippen molar-refractivity contribution >= 4 is 33.5 Å². The fourth-order valence-electron chi connectivity index (χ4n) is 2.18. The Kier molecular flexibility index (Phi) is 4.14. The highest BCUT2D eigenvalue weighted by Crippen LogP contribution is 2.29. The molecule has 0 bridgehead atoms. The molecule has 3 aromatic heterocycles. The predicted molar refractivity (Wildman–Crippen MR) is 88.7 cm³/mol. The summed E-state index contributed by atoms with van der Waals surface area (Å²) in [7, 11) is 0. The summed E-state index contributed by atoms with van der Waals surface area (Å²) in [6.45, 7) is 3.87. The monoisotopic (exact) mass is 373 g/mol. The van der Waals surface area contributed by atoms with Crippen molar-refractivity contribution in [1.82, 2.24) is 19.4 Å². The molecule has 0 aliphatic carbocycles. The molecule has 0 aliphatic rings. The molecule has 110 valence electrons. The number of hydrogen-bond donors (Lipinski definition) is 0. The lowest BCUT2D eigenvalue weighted by molar-refractivity contribution is 1.03. The van der Waals surface area contributed by atoms with Gasteiger partial charge in [0.25, 0.3) is 0 Å². The lowest BCUT2D eigenvalue weighted by Gasteiger charge is -2.06. The minimum Gasteiger partial charge on any atom is -0.278 e. The van der Waals surface area contributed by atoms with Crippen LogP contribution in [0.15, 0.2) is 34.2 Å². The smallest absolute Gasteiger partial charge is 0.234 e. The molecule has 0 saturated heterocycles. The van der Waals surface area contributed by atoms with Crippen molar-refractivity contribution < 1.29 is 0 Å². The number of fused-ring (bicyclic) bond motifs is 1. The van der Waals surface area contributed by atoms with Crippen LogP contribution in [0.25, 0.3) is 5.78 Å². The number of thioether (sulfide) groups is 1. The highest BCUT2D eigenvalue weighted by Gasteiger charge is 2.14. The van der Waals surface area contributed by atoms with Gasteiger partial charge in [-0.05, 0) is 47.5 Å². The third kappa shape index (κ3) is 2.72. The second kappa shape index (κ2) is 6.07. The molecule has 0 aliphatic heterocycles. The number of imidazole rings is 1. The Morgan fingerprint density at radius 3 is 2.91 bits per heavy atom. The van der Waals surface area contributed by atoms with E-state index in [0.29, 0.717) is 17.1 Å². The van der Waals surface area contributed by atoms with Crippen LogP contribution in [0.3, 0.4) is 0 Å². The van der Waals surface area contributed by atoms with Gasteiger partial charge in [-0.2, -0.15) is 5.26 Å². The second-order valence-corrected chi connectivity index (χ2v) is 6.52. The molecule has 3 aromatic rings. The average Bonchev–Trinajstić information content (AvgIpc) is 2.81. The van der Waals surface area contributed by atoms with E-state index < -0.39 is 0 Å². The van der Waals surface area contributed by atoms with Gasteiger partial charge in [-0.25, -0.2) is 15.0 Å². The highest BCUT2D eigenvalue weighted by atomic mass is 79.9. The predicted octanol–water partition coefficient (Wildman–Crippen LogP) is 3.67. The molecule has 0 saturated carbocycles. The topological polar surface area (TPSA) is 66.9 Å². The van der Waals surface area contributed by atoms with Gasteiger partial charge in [0.05, 0.1) is 11.3 Å². The lowest BCUT2D eigenvalue weighted by atomic mass is 10.1. The standard InChI is InChI=1S/C15H12BrN5S/c1-9-6-10(2)19-14(11(9)7-17)22-8-12-13(16)21-5-3-4-18-15(21)20-12/h3-6H,8H2,1-2H3. The molecule has 7 heteroatoms. The fraction of sp³-hybridized carbons (Fsp3) is 0.200. The molecule has 0 aromatic carbocycles. The van der Waals surface area contributed by atoms with Crippen LogP contribution < -0.4 is 0 Å². The van der Waals surface area contributed by atoms with Crippen LogP contribution in [0.5, 0.6) is 0 Å². The van der Waals surface area contributed by atoms with E-state index in [1.807, 2.05) is 36.6 Å². The van der Waals surface area contributed by atoms with Gasteiger partial charge in [0.2, 0.25) is 5.78 Å². The fourth-order valence-corrected chi connectivity index (χ4v) is 3.90. The number of aryl methyl sites for hydroxylation is 2. The molecule has 0 radical (unpaired) electrons. The van der Waals surface area contributed by atoms with Gasteiger partial charge in [0, 0.05) is 23.8 Å². The van der Waals surface area contributed by atoms with Crippen molar-refractivity contribution in [3.63, 3.8) is 0 Å². The Hall–Kier alpha value is -1.91. The molecular weight excluding hydrogens is 362 g/mol. The van der Waals surface area contributed by atoms with Crippen LogP contribution in [0.2, 0.25) is 0 Å².